The second-order valence-electron chi connectivity index (χ2n) is 4.40. The lowest BCUT2D eigenvalue weighted by molar-refractivity contribution is 0.0939. The van der Waals surface area contributed by atoms with E-state index in [1.54, 1.807) is 12.5 Å². The molecule has 0 aliphatic heterocycles. The van der Waals surface area contributed by atoms with Crippen LogP contribution in [0.15, 0.2) is 29.6 Å². The molecule has 2 aromatic rings. The molecular weight excluding hydrogens is 260 g/mol. The zero-order chi connectivity index (χ0) is 13.8. The van der Waals surface area contributed by atoms with Gasteiger partial charge in [-0.15, -0.1) is 11.3 Å². The second-order valence-corrected chi connectivity index (χ2v) is 5.26. The van der Waals surface area contributed by atoms with E-state index in [2.05, 4.69) is 10.3 Å². The van der Waals surface area contributed by atoms with E-state index in [9.17, 15) is 4.79 Å². The summed E-state index contributed by atoms with van der Waals surface area (Å²) in [5, 5.41) is 5.41. The molecule has 100 valence electrons. The van der Waals surface area contributed by atoms with Crippen molar-refractivity contribution in [3.63, 3.8) is 0 Å². The average molecular weight is 276 g/mol. The fourth-order valence-electron chi connectivity index (χ4n) is 1.60. The van der Waals surface area contributed by atoms with Gasteiger partial charge in [0.25, 0.3) is 5.91 Å². The van der Waals surface area contributed by atoms with Crippen molar-refractivity contribution in [3.05, 3.63) is 35.3 Å². The Morgan fingerprint density at radius 3 is 2.89 bits per heavy atom. The predicted molar refractivity (Wildman–Crippen MR) is 76.7 cm³/mol. The molecule has 0 aliphatic rings. The molecule has 19 heavy (non-hydrogen) atoms. The van der Waals surface area contributed by atoms with Crippen molar-refractivity contribution in [2.45, 2.75) is 19.9 Å². The first-order valence-corrected chi connectivity index (χ1v) is 6.89. The summed E-state index contributed by atoms with van der Waals surface area (Å²) in [6.45, 7) is 3.85. The molecule has 1 aromatic heterocycles. The highest BCUT2D eigenvalue weighted by atomic mass is 32.1. The number of methoxy groups -OCH3 is 1. The summed E-state index contributed by atoms with van der Waals surface area (Å²) in [6, 6.07) is 7.75. The summed E-state index contributed by atoms with van der Waals surface area (Å²) in [6.07, 6.45) is 0. The van der Waals surface area contributed by atoms with Gasteiger partial charge in [-0.25, -0.2) is 4.98 Å². The van der Waals surface area contributed by atoms with Crippen LogP contribution in [0.25, 0.3) is 10.6 Å². The number of benzene rings is 1. The minimum absolute atomic E-state index is 0.106. The smallest absolute Gasteiger partial charge is 0.270 e. The molecule has 2 rings (SSSR count). The lowest BCUT2D eigenvalue weighted by Crippen LogP contribution is -2.30. The molecule has 0 aliphatic carbocycles. The Balaban J connectivity index is 2.22. The number of thiazole rings is 1. The zero-order valence-electron chi connectivity index (χ0n) is 11.1. The van der Waals surface area contributed by atoms with Crippen LogP contribution in [-0.2, 0) is 0 Å². The topological polar surface area (TPSA) is 51.2 Å². The SMILES string of the molecule is COc1cccc(-c2nc(C(=O)NC(C)C)cs2)c1. The molecule has 1 heterocycles. The number of nitrogens with one attached hydrogen (secondary N) is 1. The third-order valence-electron chi connectivity index (χ3n) is 2.47. The molecule has 0 radical (unpaired) electrons. The Labute approximate surface area is 116 Å². The summed E-state index contributed by atoms with van der Waals surface area (Å²) >= 11 is 1.45. The number of aromatic nitrogens is 1. The van der Waals surface area contributed by atoms with Gasteiger partial charge in [0.1, 0.15) is 16.5 Å². The molecule has 0 unspecified atom stereocenters. The van der Waals surface area contributed by atoms with Crippen LogP contribution in [0.2, 0.25) is 0 Å². The normalized spacial score (nSPS) is 10.5. The van der Waals surface area contributed by atoms with Gasteiger partial charge in [-0.1, -0.05) is 12.1 Å². The maximum absolute atomic E-state index is 11.8. The van der Waals surface area contributed by atoms with Crippen molar-refractivity contribution in [1.29, 1.82) is 0 Å². The minimum atomic E-state index is -0.139. The third-order valence-corrected chi connectivity index (χ3v) is 3.36. The molecule has 0 saturated heterocycles. The van der Waals surface area contributed by atoms with Gasteiger partial charge in [0.05, 0.1) is 7.11 Å². The fourth-order valence-corrected chi connectivity index (χ4v) is 2.40. The van der Waals surface area contributed by atoms with Crippen LogP contribution in [0.1, 0.15) is 24.3 Å². The van der Waals surface area contributed by atoms with Gasteiger partial charge in [-0.3, -0.25) is 4.79 Å². The van der Waals surface area contributed by atoms with E-state index >= 15 is 0 Å². The third kappa shape index (κ3) is 3.32. The van der Waals surface area contributed by atoms with Crippen LogP contribution in [0.3, 0.4) is 0 Å². The minimum Gasteiger partial charge on any atom is -0.497 e. The Hall–Kier alpha value is -1.88. The first kappa shape index (κ1) is 13.5. The fraction of sp³-hybridized carbons (Fsp3) is 0.286. The van der Waals surface area contributed by atoms with Gasteiger partial charge in [0.2, 0.25) is 0 Å². The lowest BCUT2D eigenvalue weighted by Gasteiger charge is -2.05. The zero-order valence-corrected chi connectivity index (χ0v) is 12.0. The molecule has 0 atom stereocenters. The molecule has 0 saturated carbocycles. The summed E-state index contributed by atoms with van der Waals surface area (Å²) in [4.78, 5) is 16.2. The summed E-state index contributed by atoms with van der Waals surface area (Å²) in [7, 11) is 1.63. The van der Waals surface area contributed by atoms with Gasteiger partial charge in [0, 0.05) is 17.0 Å². The van der Waals surface area contributed by atoms with Gasteiger partial charge in [-0.05, 0) is 26.0 Å². The largest absolute Gasteiger partial charge is 0.497 e. The van der Waals surface area contributed by atoms with Crippen molar-refractivity contribution in [2.75, 3.05) is 7.11 Å². The Morgan fingerprint density at radius 1 is 1.42 bits per heavy atom. The maximum atomic E-state index is 11.8. The molecular formula is C14H16N2O2S. The second kappa shape index (κ2) is 5.84. The molecule has 5 heteroatoms. The molecule has 0 bridgehead atoms. The van der Waals surface area contributed by atoms with E-state index in [0.29, 0.717) is 5.69 Å². The van der Waals surface area contributed by atoms with Crippen LogP contribution in [0.5, 0.6) is 5.75 Å². The molecule has 0 spiro atoms. The predicted octanol–water partition coefficient (Wildman–Crippen LogP) is 2.96. The monoisotopic (exact) mass is 276 g/mol. The maximum Gasteiger partial charge on any atom is 0.270 e. The number of rotatable bonds is 4. The number of carbonyl (C=O) groups excluding carboxylic acids is 1. The lowest BCUT2D eigenvalue weighted by atomic mass is 10.2. The van der Waals surface area contributed by atoms with Crippen LogP contribution in [-0.4, -0.2) is 24.0 Å². The highest BCUT2D eigenvalue weighted by Gasteiger charge is 2.12. The molecule has 4 nitrogen and oxygen atoms in total. The van der Waals surface area contributed by atoms with Crippen molar-refractivity contribution >= 4 is 17.2 Å². The molecule has 1 aromatic carbocycles. The van der Waals surface area contributed by atoms with E-state index in [1.165, 1.54) is 11.3 Å². The van der Waals surface area contributed by atoms with E-state index in [1.807, 2.05) is 38.1 Å². The summed E-state index contributed by atoms with van der Waals surface area (Å²) < 4.78 is 5.18. The quantitative estimate of drug-likeness (QED) is 0.934. The van der Waals surface area contributed by atoms with Crippen molar-refractivity contribution < 1.29 is 9.53 Å². The van der Waals surface area contributed by atoms with Gasteiger partial charge < -0.3 is 10.1 Å². The van der Waals surface area contributed by atoms with Gasteiger partial charge in [0.15, 0.2) is 0 Å². The number of amides is 1. The number of hydrogen-bond donors (Lipinski definition) is 1. The summed E-state index contributed by atoms with van der Waals surface area (Å²) in [5.74, 6) is 0.640. The van der Waals surface area contributed by atoms with Crippen LogP contribution in [0, 0.1) is 0 Å². The molecule has 0 fully saturated rings. The highest BCUT2D eigenvalue weighted by Crippen LogP contribution is 2.26. The number of carbonyl (C=O) groups is 1. The average Bonchev–Trinajstić information content (AvgIpc) is 2.88. The van der Waals surface area contributed by atoms with Crippen molar-refractivity contribution in [1.82, 2.24) is 10.3 Å². The molecule has 1 amide bonds. The van der Waals surface area contributed by atoms with Crippen molar-refractivity contribution in [3.8, 4) is 16.3 Å². The van der Waals surface area contributed by atoms with Gasteiger partial charge in [-0.2, -0.15) is 0 Å². The van der Waals surface area contributed by atoms with E-state index < -0.39 is 0 Å². The molecule has 1 N–H and O–H groups in total. The summed E-state index contributed by atoms with van der Waals surface area (Å²) in [5.41, 5.74) is 1.41. The number of ether oxygens (including phenoxy) is 1. The Morgan fingerprint density at radius 2 is 2.21 bits per heavy atom. The standard InChI is InChI=1S/C14H16N2O2S/c1-9(2)15-13(17)12-8-19-14(16-12)10-5-4-6-11(7-10)18-3/h4-9H,1-3H3,(H,15,17). The van der Waals surface area contributed by atoms with E-state index in [4.69, 9.17) is 4.74 Å². The first-order valence-electron chi connectivity index (χ1n) is 6.01. The Kier molecular flexibility index (Phi) is 4.16. The van der Waals surface area contributed by atoms with Crippen LogP contribution in [0.4, 0.5) is 0 Å². The Bertz CT molecular complexity index is 578. The van der Waals surface area contributed by atoms with E-state index in [-0.39, 0.29) is 11.9 Å². The first-order chi connectivity index (χ1) is 9.10. The highest BCUT2D eigenvalue weighted by molar-refractivity contribution is 7.13. The number of hydrogen-bond acceptors (Lipinski definition) is 4. The van der Waals surface area contributed by atoms with Crippen LogP contribution < -0.4 is 10.1 Å². The van der Waals surface area contributed by atoms with E-state index in [0.717, 1.165) is 16.3 Å². The van der Waals surface area contributed by atoms with Crippen LogP contribution >= 0.6 is 11.3 Å². The number of nitrogens with zero attached hydrogens (tertiary/aromatic N) is 1. The van der Waals surface area contributed by atoms with Crippen molar-refractivity contribution in [2.24, 2.45) is 0 Å². The van der Waals surface area contributed by atoms with Gasteiger partial charge >= 0.3 is 0 Å².